The molecule has 0 aliphatic carbocycles. The summed E-state index contributed by atoms with van der Waals surface area (Å²) in [6.07, 6.45) is -1.78. The van der Waals surface area contributed by atoms with Gasteiger partial charge in [0.05, 0.1) is 12.8 Å². The standard InChI is InChI=1S/C7H8F2N2O2/c1-13-7-4(6(8)9)5(12)3(10)2-11-7/h2,6H,10H2,1H3,(H,11,12). The molecule has 0 aromatic carbocycles. The van der Waals surface area contributed by atoms with Crippen LogP contribution >= 0.6 is 0 Å². The molecule has 0 spiro atoms. The van der Waals surface area contributed by atoms with E-state index in [4.69, 9.17) is 5.73 Å². The Morgan fingerprint density at radius 3 is 2.69 bits per heavy atom. The lowest BCUT2D eigenvalue weighted by atomic mass is 10.2. The first-order chi connectivity index (χ1) is 6.07. The van der Waals surface area contributed by atoms with Gasteiger partial charge in [-0.15, -0.1) is 0 Å². The quantitative estimate of drug-likeness (QED) is 0.728. The van der Waals surface area contributed by atoms with Crippen molar-refractivity contribution in [3.05, 3.63) is 22.0 Å². The van der Waals surface area contributed by atoms with E-state index in [0.29, 0.717) is 0 Å². The summed E-state index contributed by atoms with van der Waals surface area (Å²) in [6, 6.07) is 0. The van der Waals surface area contributed by atoms with Crippen LogP contribution in [-0.2, 0) is 0 Å². The van der Waals surface area contributed by atoms with Gasteiger partial charge < -0.3 is 15.5 Å². The lowest BCUT2D eigenvalue weighted by Gasteiger charge is -2.06. The molecule has 0 atom stereocenters. The molecule has 1 heterocycles. The van der Waals surface area contributed by atoms with E-state index < -0.39 is 17.4 Å². The minimum atomic E-state index is -2.90. The number of halogens is 2. The van der Waals surface area contributed by atoms with E-state index in [0.717, 1.165) is 6.20 Å². The molecule has 0 aliphatic heterocycles. The van der Waals surface area contributed by atoms with Crippen LogP contribution in [0.2, 0.25) is 0 Å². The largest absolute Gasteiger partial charge is 0.482 e. The molecule has 13 heavy (non-hydrogen) atoms. The molecule has 72 valence electrons. The summed E-state index contributed by atoms with van der Waals surface area (Å²) in [6.45, 7) is 0. The van der Waals surface area contributed by atoms with Crippen molar-refractivity contribution in [2.45, 2.75) is 6.43 Å². The molecule has 6 heteroatoms. The number of anilines is 1. The fourth-order valence-electron chi connectivity index (χ4n) is 0.912. The molecule has 1 aromatic heterocycles. The lowest BCUT2D eigenvalue weighted by molar-refractivity contribution is 0.145. The number of H-pyrrole nitrogens is 1. The Bertz CT molecular complexity index is 362. The minimum absolute atomic E-state index is 0.254. The number of nitrogen functional groups attached to an aromatic ring is 1. The maximum atomic E-state index is 12.3. The van der Waals surface area contributed by atoms with Gasteiger partial charge in [0.2, 0.25) is 11.3 Å². The summed E-state index contributed by atoms with van der Waals surface area (Å²) < 4.78 is 29.2. The van der Waals surface area contributed by atoms with Crippen molar-refractivity contribution < 1.29 is 13.5 Å². The van der Waals surface area contributed by atoms with E-state index in [9.17, 15) is 13.6 Å². The van der Waals surface area contributed by atoms with Gasteiger partial charge in [0, 0.05) is 6.20 Å². The highest BCUT2D eigenvalue weighted by atomic mass is 19.3. The first-order valence-corrected chi connectivity index (χ1v) is 3.41. The second kappa shape index (κ2) is 3.42. The van der Waals surface area contributed by atoms with Gasteiger partial charge in [-0.3, -0.25) is 4.79 Å². The predicted molar refractivity (Wildman–Crippen MR) is 43.0 cm³/mol. The molecule has 0 saturated carbocycles. The fraction of sp³-hybridized carbons (Fsp3) is 0.286. The van der Waals surface area contributed by atoms with Crippen LogP contribution in [0.1, 0.15) is 12.0 Å². The molecule has 1 rings (SSSR count). The third-order valence-electron chi connectivity index (χ3n) is 1.53. The van der Waals surface area contributed by atoms with Crippen molar-refractivity contribution in [3.63, 3.8) is 0 Å². The normalized spacial score (nSPS) is 10.5. The Morgan fingerprint density at radius 1 is 1.62 bits per heavy atom. The molecule has 0 bridgehead atoms. The topological polar surface area (TPSA) is 68.1 Å². The van der Waals surface area contributed by atoms with Crippen LogP contribution in [0.15, 0.2) is 11.0 Å². The lowest BCUT2D eigenvalue weighted by Crippen LogP contribution is -2.16. The van der Waals surface area contributed by atoms with Crippen LogP contribution in [0.4, 0.5) is 14.5 Å². The van der Waals surface area contributed by atoms with Crippen LogP contribution in [0.5, 0.6) is 5.88 Å². The molecular formula is C7H8F2N2O2. The summed E-state index contributed by atoms with van der Waals surface area (Å²) in [5, 5.41) is 0. The first kappa shape index (κ1) is 9.50. The van der Waals surface area contributed by atoms with Crippen LogP contribution in [0, 0.1) is 0 Å². The molecule has 4 nitrogen and oxygen atoms in total. The summed E-state index contributed by atoms with van der Waals surface area (Å²) in [5.41, 5.74) is 3.26. The number of aromatic nitrogens is 1. The highest BCUT2D eigenvalue weighted by Crippen LogP contribution is 2.23. The van der Waals surface area contributed by atoms with Gasteiger partial charge in [-0.2, -0.15) is 0 Å². The monoisotopic (exact) mass is 190 g/mol. The fourth-order valence-corrected chi connectivity index (χ4v) is 0.912. The predicted octanol–water partition coefficient (Wildman–Crippen LogP) is 0.903. The van der Waals surface area contributed by atoms with Gasteiger partial charge in [0.15, 0.2) is 0 Å². The SMILES string of the molecule is COc1[nH]cc(N)c(=O)c1C(F)F. The molecule has 1 aromatic rings. The first-order valence-electron chi connectivity index (χ1n) is 3.41. The molecule has 0 aliphatic rings. The number of nitrogens with one attached hydrogen (secondary N) is 1. The van der Waals surface area contributed by atoms with Crippen LogP contribution < -0.4 is 15.9 Å². The summed E-state index contributed by atoms with van der Waals surface area (Å²) in [4.78, 5) is 13.4. The van der Waals surface area contributed by atoms with Gasteiger partial charge in [-0.25, -0.2) is 8.78 Å². The van der Waals surface area contributed by atoms with Crippen LogP contribution in [-0.4, -0.2) is 12.1 Å². The van der Waals surface area contributed by atoms with E-state index in [2.05, 4.69) is 9.72 Å². The maximum absolute atomic E-state index is 12.3. The van der Waals surface area contributed by atoms with Gasteiger partial charge in [0.1, 0.15) is 5.56 Å². The van der Waals surface area contributed by atoms with Crippen molar-refractivity contribution in [1.29, 1.82) is 0 Å². The molecule has 3 N–H and O–H groups in total. The number of pyridine rings is 1. The third-order valence-corrected chi connectivity index (χ3v) is 1.53. The molecule has 0 saturated heterocycles. The minimum Gasteiger partial charge on any atom is -0.482 e. The van der Waals surface area contributed by atoms with Crippen LogP contribution in [0.3, 0.4) is 0 Å². The maximum Gasteiger partial charge on any atom is 0.272 e. The van der Waals surface area contributed by atoms with E-state index in [-0.39, 0.29) is 11.6 Å². The zero-order valence-electron chi connectivity index (χ0n) is 6.80. The zero-order valence-corrected chi connectivity index (χ0v) is 6.80. The van der Waals surface area contributed by atoms with Crippen molar-refractivity contribution in [2.24, 2.45) is 0 Å². The Labute approximate surface area is 72.3 Å². The Morgan fingerprint density at radius 2 is 2.23 bits per heavy atom. The average molecular weight is 190 g/mol. The molecule has 0 amide bonds. The van der Waals surface area contributed by atoms with Gasteiger partial charge >= 0.3 is 0 Å². The molecule has 0 radical (unpaired) electrons. The Kier molecular flexibility index (Phi) is 2.50. The van der Waals surface area contributed by atoms with Crippen molar-refractivity contribution in [3.8, 4) is 5.88 Å². The number of methoxy groups -OCH3 is 1. The van der Waals surface area contributed by atoms with Crippen molar-refractivity contribution in [1.82, 2.24) is 4.98 Å². The number of hydrogen-bond acceptors (Lipinski definition) is 3. The van der Waals surface area contributed by atoms with Gasteiger partial charge in [-0.1, -0.05) is 0 Å². The number of rotatable bonds is 2. The Balaban J connectivity index is 3.42. The Hall–Kier alpha value is -1.59. The van der Waals surface area contributed by atoms with E-state index in [1.807, 2.05) is 0 Å². The number of aromatic amines is 1. The van der Waals surface area contributed by atoms with E-state index in [1.165, 1.54) is 7.11 Å². The highest BCUT2D eigenvalue weighted by Gasteiger charge is 2.19. The zero-order chi connectivity index (χ0) is 10.0. The third kappa shape index (κ3) is 1.61. The number of hydrogen-bond donors (Lipinski definition) is 2. The smallest absolute Gasteiger partial charge is 0.272 e. The van der Waals surface area contributed by atoms with E-state index in [1.54, 1.807) is 0 Å². The highest BCUT2D eigenvalue weighted by molar-refractivity contribution is 5.43. The summed E-state index contributed by atoms with van der Waals surface area (Å²) in [7, 11) is 1.19. The second-order valence-electron chi connectivity index (χ2n) is 2.32. The second-order valence-corrected chi connectivity index (χ2v) is 2.32. The van der Waals surface area contributed by atoms with Crippen LogP contribution in [0.25, 0.3) is 0 Å². The molecule has 0 unspecified atom stereocenters. The van der Waals surface area contributed by atoms with Crippen molar-refractivity contribution in [2.75, 3.05) is 12.8 Å². The number of nitrogens with two attached hydrogens (primary N) is 1. The summed E-state index contributed by atoms with van der Waals surface area (Å²) >= 11 is 0. The van der Waals surface area contributed by atoms with Gasteiger partial charge in [-0.05, 0) is 0 Å². The summed E-state index contributed by atoms with van der Waals surface area (Å²) in [5.74, 6) is -0.255. The number of ether oxygens (including phenoxy) is 1. The van der Waals surface area contributed by atoms with Gasteiger partial charge in [0.25, 0.3) is 6.43 Å². The van der Waals surface area contributed by atoms with E-state index >= 15 is 0 Å². The molecule has 0 fully saturated rings. The molecular weight excluding hydrogens is 182 g/mol. The number of alkyl halides is 2. The van der Waals surface area contributed by atoms with Crippen molar-refractivity contribution >= 4 is 5.69 Å². The average Bonchev–Trinajstić information content (AvgIpc) is 2.08.